The number of nitrogens with zero attached hydrogens (tertiary/aromatic N) is 1. The molecule has 31 heavy (non-hydrogen) atoms. The standard InChI is InChI=1S/C23H28N4O4/c1-2-24-23(25-11-6-12-29-17-20-9-4-13-30-20)26-16-18-7-3-8-19(15-18)27-22(28)21-10-5-14-31-21/h3-5,7-10,13-15H,2,6,11-12,16-17H2,1H3,(H,27,28)(H2,24,25,26). The number of benzene rings is 1. The van der Waals surface area contributed by atoms with Crippen LogP contribution in [0.5, 0.6) is 0 Å². The van der Waals surface area contributed by atoms with Gasteiger partial charge in [-0.1, -0.05) is 12.1 Å². The molecule has 3 rings (SSSR count). The molecule has 0 saturated carbocycles. The molecule has 0 aliphatic heterocycles. The van der Waals surface area contributed by atoms with Gasteiger partial charge in [-0.15, -0.1) is 0 Å². The molecule has 0 aliphatic carbocycles. The van der Waals surface area contributed by atoms with E-state index >= 15 is 0 Å². The molecular weight excluding hydrogens is 396 g/mol. The lowest BCUT2D eigenvalue weighted by Gasteiger charge is -2.11. The maximum Gasteiger partial charge on any atom is 0.291 e. The zero-order valence-electron chi connectivity index (χ0n) is 17.6. The lowest BCUT2D eigenvalue weighted by atomic mass is 10.2. The minimum Gasteiger partial charge on any atom is -0.467 e. The molecule has 2 aromatic heterocycles. The summed E-state index contributed by atoms with van der Waals surface area (Å²) in [6.07, 6.45) is 3.96. The Morgan fingerprint density at radius 2 is 1.94 bits per heavy atom. The number of hydrogen-bond acceptors (Lipinski definition) is 5. The summed E-state index contributed by atoms with van der Waals surface area (Å²) in [5, 5.41) is 9.36. The maximum absolute atomic E-state index is 12.1. The zero-order chi connectivity index (χ0) is 21.7. The van der Waals surface area contributed by atoms with Crippen LogP contribution in [-0.4, -0.2) is 31.6 Å². The fourth-order valence-corrected chi connectivity index (χ4v) is 2.81. The van der Waals surface area contributed by atoms with E-state index in [1.807, 2.05) is 43.3 Å². The van der Waals surface area contributed by atoms with Crippen LogP contribution < -0.4 is 16.0 Å². The molecule has 0 radical (unpaired) electrons. The minimum absolute atomic E-state index is 0.273. The maximum atomic E-state index is 12.1. The number of carbonyl (C=O) groups excluding carboxylic acids is 1. The van der Waals surface area contributed by atoms with Crippen LogP contribution in [-0.2, 0) is 17.9 Å². The Bertz CT molecular complexity index is 936. The quantitative estimate of drug-likeness (QED) is 0.246. The molecule has 0 aliphatic rings. The van der Waals surface area contributed by atoms with E-state index in [1.165, 1.54) is 6.26 Å². The number of carbonyl (C=O) groups is 1. The summed E-state index contributed by atoms with van der Waals surface area (Å²) in [7, 11) is 0. The molecule has 1 amide bonds. The number of ether oxygens (including phenoxy) is 1. The van der Waals surface area contributed by atoms with Crippen LogP contribution in [0.2, 0.25) is 0 Å². The summed E-state index contributed by atoms with van der Waals surface area (Å²) in [5.41, 5.74) is 1.68. The van der Waals surface area contributed by atoms with Crippen LogP contribution in [0.15, 0.2) is 74.9 Å². The smallest absolute Gasteiger partial charge is 0.291 e. The van der Waals surface area contributed by atoms with Crippen molar-refractivity contribution in [2.45, 2.75) is 26.5 Å². The van der Waals surface area contributed by atoms with E-state index in [0.717, 1.165) is 36.8 Å². The predicted octanol–water partition coefficient (Wildman–Crippen LogP) is 3.79. The van der Waals surface area contributed by atoms with Crippen LogP contribution >= 0.6 is 0 Å². The topological polar surface area (TPSA) is 101 Å². The Kier molecular flexibility index (Phi) is 8.75. The number of furan rings is 2. The van der Waals surface area contributed by atoms with E-state index in [-0.39, 0.29) is 11.7 Å². The Hall–Kier alpha value is -3.52. The van der Waals surface area contributed by atoms with Gasteiger partial charge in [0.2, 0.25) is 0 Å². The third-order valence-electron chi connectivity index (χ3n) is 4.28. The van der Waals surface area contributed by atoms with Crippen molar-refractivity contribution in [3.05, 3.63) is 78.1 Å². The highest BCUT2D eigenvalue weighted by molar-refractivity contribution is 6.02. The van der Waals surface area contributed by atoms with E-state index in [9.17, 15) is 4.79 Å². The Morgan fingerprint density at radius 3 is 2.71 bits per heavy atom. The monoisotopic (exact) mass is 424 g/mol. The molecule has 164 valence electrons. The summed E-state index contributed by atoms with van der Waals surface area (Å²) in [6, 6.07) is 14.6. The van der Waals surface area contributed by atoms with Crippen LogP contribution in [0.25, 0.3) is 0 Å². The number of guanidine groups is 1. The Morgan fingerprint density at radius 1 is 1.06 bits per heavy atom. The molecule has 2 heterocycles. The summed E-state index contributed by atoms with van der Waals surface area (Å²) < 4.78 is 15.9. The average molecular weight is 425 g/mol. The average Bonchev–Trinajstić information content (AvgIpc) is 3.49. The van der Waals surface area contributed by atoms with E-state index < -0.39 is 0 Å². The summed E-state index contributed by atoms with van der Waals surface area (Å²) in [6.45, 7) is 5.12. The van der Waals surface area contributed by atoms with Crippen molar-refractivity contribution < 1.29 is 18.4 Å². The van der Waals surface area contributed by atoms with Crippen molar-refractivity contribution in [2.75, 3.05) is 25.0 Å². The number of nitrogens with one attached hydrogen (secondary N) is 3. The third-order valence-corrected chi connectivity index (χ3v) is 4.28. The van der Waals surface area contributed by atoms with Gasteiger partial charge in [-0.2, -0.15) is 0 Å². The molecule has 0 fully saturated rings. The number of rotatable bonds is 11. The normalized spacial score (nSPS) is 11.3. The first-order valence-corrected chi connectivity index (χ1v) is 10.3. The van der Waals surface area contributed by atoms with Crippen molar-refractivity contribution in [1.82, 2.24) is 10.6 Å². The third kappa shape index (κ3) is 7.67. The van der Waals surface area contributed by atoms with Gasteiger partial charge in [0, 0.05) is 25.4 Å². The highest BCUT2D eigenvalue weighted by Crippen LogP contribution is 2.13. The van der Waals surface area contributed by atoms with Gasteiger partial charge in [0.05, 0.1) is 19.1 Å². The summed E-state index contributed by atoms with van der Waals surface area (Å²) in [4.78, 5) is 16.7. The van der Waals surface area contributed by atoms with Crippen molar-refractivity contribution in [1.29, 1.82) is 0 Å². The molecule has 0 bridgehead atoms. The van der Waals surface area contributed by atoms with Gasteiger partial charge >= 0.3 is 0 Å². The lowest BCUT2D eigenvalue weighted by Crippen LogP contribution is -2.38. The van der Waals surface area contributed by atoms with Crippen molar-refractivity contribution >= 4 is 17.6 Å². The second-order valence-corrected chi connectivity index (χ2v) is 6.74. The largest absolute Gasteiger partial charge is 0.467 e. The van der Waals surface area contributed by atoms with Gasteiger partial charge < -0.3 is 29.5 Å². The second kappa shape index (κ2) is 12.2. The van der Waals surface area contributed by atoms with E-state index in [4.69, 9.17) is 13.6 Å². The fourth-order valence-electron chi connectivity index (χ4n) is 2.81. The molecule has 3 aromatic rings. The summed E-state index contributed by atoms with van der Waals surface area (Å²) >= 11 is 0. The van der Waals surface area contributed by atoms with Gasteiger partial charge in [0.1, 0.15) is 12.4 Å². The molecule has 0 saturated heterocycles. The molecular formula is C23H28N4O4. The SMILES string of the molecule is CCNC(=NCc1cccc(NC(=O)c2ccco2)c1)NCCCOCc1ccco1. The van der Waals surface area contributed by atoms with Crippen LogP contribution in [0.1, 0.15) is 35.2 Å². The first-order valence-electron chi connectivity index (χ1n) is 10.3. The van der Waals surface area contributed by atoms with Crippen molar-refractivity contribution in [2.24, 2.45) is 4.99 Å². The number of amides is 1. The Labute approximate surface area is 181 Å². The number of hydrogen-bond donors (Lipinski definition) is 3. The van der Waals surface area contributed by atoms with E-state index in [1.54, 1.807) is 18.4 Å². The highest BCUT2D eigenvalue weighted by Gasteiger charge is 2.08. The lowest BCUT2D eigenvalue weighted by molar-refractivity contribution is 0.0996. The molecule has 0 atom stereocenters. The fraction of sp³-hybridized carbons (Fsp3) is 0.304. The molecule has 8 heteroatoms. The summed E-state index contributed by atoms with van der Waals surface area (Å²) in [5.74, 6) is 1.55. The molecule has 8 nitrogen and oxygen atoms in total. The van der Waals surface area contributed by atoms with Gasteiger partial charge in [-0.3, -0.25) is 4.79 Å². The molecule has 0 spiro atoms. The van der Waals surface area contributed by atoms with Gasteiger partial charge in [0.15, 0.2) is 11.7 Å². The number of anilines is 1. The van der Waals surface area contributed by atoms with Crippen LogP contribution in [0.4, 0.5) is 5.69 Å². The van der Waals surface area contributed by atoms with Gasteiger partial charge in [0.25, 0.3) is 5.91 Å². The van der Waals surface area contributed by atoms with Gasteiger partial charge in [-0.05, 0) is 55.3 Å². The molecule has 3 N–H and O–H groups in total. The number of aliphatic imine (C=N–C) groups is 1. The van der Waals surface area contributed by atoms with Crippen molar-refractivity contribution in [3.8, 4) is 0 Å². The zero-order valence-corrected chi connectivity index (χ0v) is 17.6. The van der Waals surface area contributed by atoms with E-state index in [0.29, 0.717) is 25.4 Å². The van der Waals surface area contributed by atoms with Crippen molar-refractivity contribution in [3.63, 3.8) is 0 Å². The van der Waals surface area contributed by atoms with E-state index in [2.05, 4.69) is 20.9 Å². The minimum atomic E-state index is -0.282. The predicted molar refractivity (Wildman–Crippen MR) is 119 cm³/mol. The second-order valence-electron chi connectivity index (χ2n) is 6.74. The van der Waals surface area contributed by atoms with Crippen LogP contribution in [0.3, 0.4) is 0 Å². The van der Waals surface area contributed by atoms with Crippen LogP contribution in [0, 0.1) is 0 Å². The molecule has 1 aromatic carbocycles. The molecule has 0 unspecified atom stereocenters. The highest BCUT2D eigenvalue weighted by atomic mass is 16.5. The Balaban J connectivity index is 1.44. The first kappa shape index (κ1) is 22.2. The first-order chi connectivity index (χ1) is 15.2. The van der Waals surface area contributed by atoms with Gasteiger partial charge in [-0.25, -0.2) is 4.99 Å².